The molecule has 0 heterocycles. The fraction of sp³-hybridized carbons (Fsp3) is 0.417. The van der Waals surface area contributed by atoms with E-state index in [0.29, 0.717) is 12.2 Å². The van der Waals surface area contributed by atoms with Crippen molar-refractivity contribution < 1.29 is 14.0 Å². The molecule has 1 unspecified atom stereocenters. The number of carbonyl (C=O) groups is 2. The first-order valence-corrected chi connectivity index (χ1v) is 11.3. The van der Waals surface area contributed by atoms with E-state index in [4.69, 9.17) is 0 Å². The zero-order valence-electron chi connectivity index (χ0n) is 18.2. The predicted octanol–water partition coefficient (Wildman–Crippen LogP) is 4.78. The first-order valence-electron chi connectivity index (χ1n) is 10.1. The molecule has 0 saturated carbocycles. The Morgan fingerprint density at radius 3 is 2.27 bits per heavy atom. The molecular weight excluding hydrogens is 399 g/mol. The molecule has 0 spiro atoms. The maximum atomic E-state index is 13.3. The summed E-state index contributed by atoms with van der Waals surface area (Å²) >= 11 is 1.69. The predicted molar refractivity (Wildman–Crippen MR) is 122 cm³/mol. The topological polar surface area (TPSA) is 49.4 Å². The van der Waals surface area contributed by atoms with Gasteiger partial charge in [-0.15, -0.1) is 0 Å². The van der Waals surface area contributed by atoms with Gasteiger partial charge in [0.1, 0.15) is 11.9 Å². The number of hydrogen-bond acceptors (Lipinski definition) is 3. The van der Waals surface area contributed by atoms with Crippen LogP contribution in [0.3, 0.4) is 0 Å². The minimum atomic E-state index is -0.624. The van der Waals surface area contributed by atoms with Crippen LogP contribution in [0.15, 0.2) is 54.6 Å². The molecule has 1 atom stereocenters. The van der Waals surface area contributed by atoms with Gasteiger partial charge in [-0.1, -0.05) is 42.5 Å². The molecule has 2 amide bonds. The van der Waals surface area contributed by atoms with Crippen LogP contribution in [0.25, 0.3) is 0 Å². The Morgan fingerprint density at radius 2 is 1.67 bits per heavy atom. The third kappa shape index (κ3) is 8.19. The standard InChI is InChI=1S/C24H31FN2O2S/c1-18(23(29)26-24(2,3)4)27(16-19-10-12-21(25)13-11-19)22(28)14-15-30-17-20-8-6-5-7-9-20/h5-13,18H,14-17H2,1-4H3,(H,26,29). The van der Waals surface area contributed by atoms with Crippen molar-refractivity contribution in [2.24, 2.45) is 0 Å². The Balaban J connectivity index is 2.02. The van der Waals surface area contributed by atoms with Crippen molar-refractivity contribution in [2.75, 3.05) is 5.75 Å². The zero-order chi connectivity index (χ0) is 22.1. The molecule has 0 radical (unpaired) electrons. The van der Waals surface area contributed by atoms with Crippen LogP contribution in [-0.2, 0) is 21.9 Å². The van der Waals surface area contributed by atoms with Gasteiger partial charge in [0.25, 0.3) is 0 Å². The highest BCUT2D eigenvalue weighted by Gasteiger charge is 2.28. The molecule has 0 bridgehead atoms. The summed E-state index contributed by atoms with van der Waals surface area (Å²) in [5.41, 5.74) is 1.62. The van der Waals surface area contributed by atoms with E-state index in [2.05, 4.69) is 17.4 Å². The number of nitrogens with zero attached hydrogens (tertiary/aromatic N) is 1. The lowest BCUT2D eigenvalue weighted by atomic mass is 10.1. The number of thioether (sulfide) groups is 1. The third-order valence-electron chi connectivity index (χ3n) is 4.50. The molecule has 30 heavy (non-hydrogen) atoms. The number of amides is 2. The number of carbonyl (C=O) groups excluding carboxylic acids is 2. The molecule has 6 heteroatoms. The minimum Gasteiger partial charge on any atom is -0.350 e. The van der Waals surface area contributed by atoms with E-state index in [1.165, 1.54) is 17.7 Å². The number of hydrogen-bond donors (Lipinski definition) is 1. The Morgan fingerprint density at radius 1 is 1.03 bits per heavy atom. The van der Waals surface area contributed by atoms with E-state index in [-0.39, 0.29) is 29.7 Å². The number of halogens is 1. The highest BCUT2D eigenvalue weighted by Crippen LogP contribution is 2.16. The average Bonchev–Trinajstić information content (AvgIpc) is 2.69. The van der Waals surface area contributed by atoms with Gasteiger partial charge in [-0.25, -0.2) is 4.39 Å². The smallest absolute Gasteiger partial charge is 0.242 e. The van der Waals surface area contributed by atoms with E-state index in [1.54, 1.807) is 35.7 Å². The van der Waals surface area contributed by atoms with Gasteiger partial charge in [0, 0.05) is 30.0 Å². The van der Waals surface area contributed by atoms with Gasteiger partial charge in [0.2, 0.25) is 11.8 Å². The van der Waals surface area contributed by atoms with Gasteiger partial charge >= 0.3 is 0 Å². The highest BCUT2D eigenvalue weighted by atomic mass is 32.2. The zero-order valence-corrected chi connectivity index (χ0v) is 19.0. The summed E-state index contributed by atoms with van der Waals surface area (Å²) in [5, 5.41) is 2.94. The molecule has 2 aromatic rings. The van der Waals surface area contributed by atoms with Gasteiger partial charge in [0.05, 0.1) is 0 Å². The Kier molecular flexibility index (Phi) is 8.90. The van der Waals surface area contributed by atoms with Crippen LogP contribution >= 0.6 is 11.8 Å². The van der Waals surface area contributed by atoms with E-state index in [0.717, 1.165) is 11.3 Å². The van der Waals surface area contributed by atoms with Gasteiger partial charge in [0.15, 0.2) is 0 Å². The second-order valence-electron chi connectivity index (χ2n) is 8.35. The number of rotatable bonds is 9. The van der Waals surface area contributed by atoms with Gasteiger partial charge < -0.3 is 10.2 Å². The Hall–Kier alpha value is -2.34. The summed E-state index contributed by atoms with van der Waals surface area (Å²) in [6.45, 7) is 7.72. The van der Waals surface area contributed by atoms with Crippen molar-refractivity contribution in [3.63, 3.8) is 0 Å². The molecule has 0 aliphatic rings. The van der Waals surface area contributed by atoms with E-state index < -0.39 is 6.04 Å². The van der Waals surface area contributed by atoms with Crippen molar-refractivity contribution in [1.82, 2.24) is 10.2 Å². The van der Waals surface area contributed by atoms with Crippen molar-refractivity contribution in [1.29, 1.82) is 0 Å². The summed E-state index contributed by atoms with van der Waals surface area (Å²) < 4.78 is 13.3. The molecule has 0 aliphatic heterocycles. The number of benzene rings is 2. The highest BCUT2D eigenvalue weighted by molar-refractivity contribution is 7.98. The SMILES string of the molecule is CC(C(=O)NC(C)(C)C)N(Cc1ccc(F)cc1)C(=O)CCSCc1ccccc1. The Labute approximate surface area is 183 Å². The maximum absolute atomic E-state index is 13.3. The maximum Gasteiger partial charge on any atom is 0.242 e. The van der Waals surface area contributed by atoms with Crippen molar-refractivity contribution in [2.45, 2.75) is 58.0 Å². The molecule has 0 fully saturated rings. The van der Waals surface area contributed by atoms with Crippen LogP contribution in [0.5, 0.6) is 0 Å². The largest absolute Gasteiger partial charge is 0.350 e. The minimum absolute atomic E-state index is 0.0866. The molecule has 2 rings (SSSR count). The summed E-state index contributed by atoms with van der Waals surface area (Å²) in [5.74, 6) is 0.895. The van der Waals surface area contributed by atoms with Crippen molar-refractivity contribution in [3.05, 3.63) is 71.5 Å². The molecule has 0 saturated heterocycles. The molecule has 4 nitrogen and oxygen atoms in total. The fourth-order valence-corrected chi connectivity index (χ4v) is 3.80. The van der Waals surface area contributed by atoms with Crippen LogP contribution in [0.1, 0.15) is 45.2 Å². The molecule has 0 aliphatic carbocycles. The van der Waals surface area contributed by atoms with E-state index >= 15 is 0 Å². The lowest BCUT2D eigenvalue weighted by molar-refractivity contribution is -0.140. The molecule has 162 valence electrons. The van der Waals surface area contributed by atoms with Crippen molar-refractivity contribution >= 4 is 23.6 Å². The summed E-state index contributed by atoms with van der Waals surface area (Å²) in [6, 6.07) is 15.5. The normalized spacial score (nSPS) is 12.3. The third-order valence-corrected chi connectivity index (χ3v) is 5.53. The van der Waals surface area contributed by atoms with Crippen molar-refractivity contribution in [3.8, 4) is 0 Å². The van der Waals surface area contributed by atoms with Crippen LogP contribution in [-0.4, -0.2) is 34.0 Å². The van der Waals surface area contributed by atoms with Crippen LogP contribution < -0.4 is 5.32 Å². The van der Waals surface area contributed by atoms with E-state index in [1.807, 2.05) is 39.0 Å². The molecule has 2 aromatic carbocycles. The quantitative estimate of drug-likeness (QED) is 0.583. The molecule has 1 N–H and O–H groups in total. The molecule has 0 aromatic heterocycles. The van der Waals surface area contributed by atoms with Crippen LogP contribution in [0, 0.1) is 5.82 Å². The molecular formula is C24H31FN2O2S. The van der Waals surface area contributed by atoms with Gasteiger partial charge in [-0.3, -0.25) is 9.59 Å². The summed E-state index contributed by atoms with van der Waals surface area (Å²) in [7, 11) is 0. The fourth-order valence-electron chi connectivity index (χ4n) is 2.91. The van der Waals surface area contributed by atoms with Crippen LogP contribution in [0.4, 0.5) is 4.39 Å². The first kappa shape index (κ1) is 23.9. The Bertz CT molecular complexity index is 819. The summed E-state index contributed by atoms with van der Waals surface area (Å²) in [6.07, 6.45) is 0.339. The number of nitrogens with one attached hydrogen (secondary N) is 1. The monoisotopic (exact) mass is 430 g/mol. The van der Waals surface area contributed by atoms with Crippen LogP contribution in [0.2, 0.25) is 0 Å². The lowest BCUT2D eigenvalue weighted by Crippen LogP contribution is -2.52. The van der Waals surface area contributed by atoms with Gasteiger partial charge in [-0.05, 0) is 51.0 Å². The average molecular weight is 431 g/mol. The second kappa shape index (κ2) is 11.2. The first-order chi connectivity index (χ1) is 14.2. The summed E-state index contributed by atoms with van der Waals surface area (Å²) in [4.78, 5) is 27.3. The lowest BCUT2D eigenvalue weighted by Gasteiger charge is -2.31. The van der Waals surface area contributed by atoms with E-state index in [9.17, 15) is 14.0 Å². The second-order valence-corrected chi connectivity index (χ2v) is 9.46. The van der Waals surface area contributed by atoms with Gasteiger partial charge in [-0.2, -0.15) is 11.8 Å².